The normalized spacial score (nSPS) is 11.8. The molecule has 2 aromatic carbocycles. The van der Waals surface area contributed by atoms with Gasteiger partial charge in [0.2, 0.25) is 0 Å². The molecule has 0 aromatic heterocycles. The summed E-state index contributed by atoms with van der Waals surface area (Å²) in [7, 11) is -4.24. The molecule has 0 aliphatic rings. The van der Waals surface area contributed by atoms with Gasteiger partial charge in [0, 0.05) is 0 Å². The Morgan fingerprint density at radius 1 is 1.00 bits per heavy atom. The van der Waals surface area contributed by atoms with E-state index in [0.717, 1.165) is 0 Å². The van der Waals surface area contributed by atoms with Crippen LogP contribution >= 0.6 is 0 Å². The van der Waals surface area contributed by atoms with Gasteiger partial charge in [-0.15, -0.1) is 5.11 Å². The monoisotopic (exact) mass is 277 g/mol. The molecule has 0 unspecified atom stereocenters. The summed E-state index contributed by atoms with van der Waals surface area (Å²) < 4.78 is 30.9. The number of hydrogen-bond donors (Lipinski definition) is 2. The van der Waals surface area contributed by atoms with Crippen molar-refractivity contribution in [2.24, 2.45) is 10.2 Å². The Kier molecular flexibility index (Phi) is 3.59. The molecule has 0 saturated carbocycles. The maximum absolute atomic E-state index is 11.0. The number of para-hydroxylation sites is 1. The first-order valence-corrected chi connectivity index (χ1v) is 6.74. The van der Waals surface area contributed by atoms with Crippen LogP contribution in [0.15, 0.2) is 63.7 Å². The van der Waals surface area contributed by atoms with Gasteiger partial charge in [-0.3, -0.25) is 4.55 Å². The molecule has 0 radical (unpaired) electrons. The van der Waals surface area contributed by atoms with Crippen molar-refractivity contribution in [3.05, 3.63) is 48.5 Å². The van der Waals surface area contributed by atoms with Crippen LogP contribution in [0.1, 0.15) is 0 Å². The first-order valence-electron chi connectivity index (χ1n) is 5.30. The zero-order valence-corrected chi connectivity index (χ0v) is 10.6. The SMILES string of the molecule is Nc1ccccc1N=Nc1cccc(S(=O)(=O)O)c1. The smallest absolute Gasteiger partial charge is 0.294 e. The maximum atomic E-state index is 11.0. The van der Waals surface area contributed by atoms with E-state index >= 15 is 0 Å². The largest absolute Gasteiger partial charge is 0.397 e. The minimum absolute atomic E-state index is 0.231. The van der Waals surface area contributed by atoms with Crippen molar-refractivity contribution < 1.29 is 13.0 Å². The molecule has 0 spiro atoms. The van der Waals surface area contributed by atoms with Gasteiger partial charge in [0.1, 0.15) is 5.69 Å². The summed E-state index contributed by atoms with van der Waals surface area (Å²) in [6, 6.07) is 12.4. The molecule has 0 amide bonds. The number of hydrogen-bond acceptors (Lipinski definition) is 5. The molecule has 0 bridgehead atoms. The highest BCUT2D eigenvalue weighted by atomic mass is 32.2. The van der Waals surface area contributed by atoms with E-state index in [-0.39, 0.29) is 4.90 Å². The maximum Gasteiger partial charge on any atom is 0.294 e. The summed E-state index contributed by atoms with van der Waals surface area (Å²) in [4.78, 5) is -0.231. The predicted molar refractivity (Wildman–Crippen MR) is 71.3 cm³/mol. The van der Waals surface area contributed by atoms with Gasteiger partial charge in [-0.2, -0.15) is 13.5 Å². The number of azo groups is 1. The summed E-state index contributed by atoms with van der Waals surface area (Å²) in [5.74, 6) is 0. The van der Waals surface area contributed by atoms with E-state index in [1.54, 1.807) is 30.3 Å². The van der Waals surface area contributed by atoms with E-state index in [1.807, 2.05) is 0 Å². The quantitative estimate of drug-likeness (QED) is 0.511. The van der Waals surface area contributed by atoms with Crippen LogP contribution < -0.4 is 5.73 Å². The fourth-order valence-electron chi connectivity index (χ4n) is 1.40. The Bertz CT molecular complexity index is 727. The second-order valence-electron chi connectivity index (χ2n) is 3.73. The molecule has 0 atom stereocenters. The van der Waals surface area contributed by atoms with Crippen LogP contribution in [0.3, 0.4) is 0 Å². The lowest BCUT2D eigenvalue weighted by atomic mass is 10.3. The lowest BCUT2D eigenvalue weighted by Gasteiger charge is -1.99. The lowest BCUT2D eigenvalue weighted by Crippen LogP contribution is -1.96. The van der Waals surface area contributed by atoms with Crippen LogP contribution in [-0.2, 0) is 10.1 Å². The summed E-state index contributed by atoms with van der Waals surface area (Å²) in [5.41, 5.74) is 6.95. The Morgan fingerprint density at radius 2 is 1.74 bits per heavy atom. The first-order chi connectivity index (χ1) is 8.97. The molecule has 2 rings (SSSR count). The average Bonchev–Trinajstić information content (AvgIpc) is 2.37. The third-order valence-electron chi connectivity index (χ3n) is 2.33. The Morgan fingerprint density at radius 3 is 2.42 bits per heavy atom. The second kappa shape index (κ2) is 5.17. The van der Waals surface area contributed by atoms with Crippen LogP contribution in [0.25, 0.3) is 0 Å². The fourth-order valence-corrected chi connectivity index (χ4v) is 1.92. The van der Waals surface area contributed by atoms with Crippen LogP contribution in [0.4, 0.5) is 17.1 Å². The van der Waals surface area contributed by atoms with Crippen molar-refractivity contribution in [2.45, 2.75) is 4.90 Å². The van der Waals surface area contributed by atoms with Gasteiger partial charge in [0.05, 0.1) is 16.3 Å². The van der Waals surface area contributed by atoms with Crippen LogP contribution in [0.2, 0.25) is 0 Å². The zero-order valence-electron chi connectivity index (χ0n) is 9.76. The fraction of sp³-hybridized carbons (Fsp3) is 0. The van der Waals surface area contributed by atoms with Gasteiger partial charge in [-0.1, -0.05) is 18.2 Å². The number of nitrogen functional groups attached to an aromatic ring is 1. The highest BCUT2D eigenvalue weighted by Gasteiger charge is 2.09. The van der Waals surface area contributed by atoms with Crippen molar-refractivity contribution in [3.8, 4) is 0 Å². The molecule has 0 aliphatic carbocycles. The number of benzene rings is 2. The topological polar surface area (TPSA) is 105 Å². The van der Waals surface area contributed by atoms with E-state index in [0.29, 0.717) is 17.1 Å². The van der Waals surface area contributed by atoms with Gasteiger partial charge in [0.25, 0.3) is 10.1 Å². The van der Waals surface area contributed by atoms with Gasteiger partial charge < -0.3 is 5.73 Å². The number of nitrogens with two attached hydrogens (primary N) is 1. The average molecular weight is 277 g/mol. The molecule has 0 aliphatic heterocycles. The third kappa shape index (κ3) is 3.36. The summed E-state index contributed by atoms with van der Waals surface area (Å²) in [5, 5.41) is 7.80. The van der Waals surface area contributed by atoms with Crippen molar-refractivity contribution >= 4 is 27.2 Å². The van der Waals surface area contributed by atoms with E-state index in [9.17, 15) is 8.42 Å². The Balaban J connectivity index is 2.32. The summed E-state index contributed by atoms with van der Waals surface area (Å²) in [6.45, 7) is 0. The molecule has 7 heteroatoms. The minimum Gasteiger partial charge on any atom is -0.397 e. The molecule has 2 aromatic rings. The van der Waals surface area contributed by atoms with Gasteiger partial charge in [-0.05, 0) is 30.3 Å². The predicted octanol–water partition coefficient (Wildman–Crippen LogP) is 2.93. The molecular formula is C12H11N3O3S. The van der Waals surface area contributed by atoms with Crippen molar-refractivity contribution in [2.75, 3.05) is 5.73 Å². The van der Waals surface area contributed by atoms with E-state index < -0.39 is 10.1 Å². The molecule has 0 fully saturated rings. The second-order valence-corrected chi connectivity index (χ2v) is 5.15. The zero-order chi connectivity index (χ0) is 13.9. The van der Waals surface area contributed by atoms with Crippen LogP contribution in [0, 0.1) is 0 Å². The number of rotatable bonds is 3. The molecular weight excluding hydrogens is 266 g/mol. The highest BCUT2D eigenvalue weighted by Crippen LogP contribution is 2.24. The highest BCUT2D eigenvalue weighted by molar-refractivity contribution is 7.85. The molecule has 3 N–H and O–H groups in total. The van der Waals surface area contributed by atoms with Crippen molar-refractivity contribution in [1.29, 1.82) is 0 Å². The lowest BCUT2D eigenvalue weighted by molar-refractivity contribution is 0.483. The van der Waals surface area contributed by atoms with Crippen molar-refractivity contribution in [1.82, 2.24) is 0 Å². The van der Waals surface area contributed by atoms with E-state index in [2.05, 4.69) is 10.2 Å². The summed E-state index contributed by atoms with van der Waals surface area (Å²) >= 11 is 0. The molecule has 98 valence electrons. The van der Waals surface area contributed by atoms with Gasteiger partial charge in [0.15, 0.2) is 0 Å². The van der Waals surface area contributed by atoms with Crippen LogP contribution in [-0.4, -0.2) is 13.0 Å². The standard InChI is InChI=1S/C12H11N3O3S/c13-11-6-1-2-7-12(11)15-14-9-4-3-5-10(8-9)19(16,17)18/h1-8H,13H2,(H,16,17,18). The Hall–Kier alpha value is -2.25. The minimum atomic E-state index is -4.24. The van der Waals surface area contributed by atoms with Crippen molar-refractivity contribution in [3.63, 3.8) is 0 Å². The Labute approximate surface area is 110 Å². The van der Waals surface area contributed by atoms with Gasteiger partial charge >= 0.3 is 0 Å². The van der Waals surface area contributed by atoms with E-state index in [1.165, 1.54) is 18.2 Å². The molecule has 19 heavy (non-hydrogen) atoms. The van der Waals surface area contributed by atoms with Gasteiger partial charge in [-0.25, -0.2) is 0 Å². The molecule has 0 saturated heterocycles. The molecule has 6 nitrogen and oxygen atoms in total. The first kappa shape index (κ1) is 13.2. The van der Waals surface area contributed by atoms with Crippen LogP contribution in [0.5, 0.6) is 0 Å². The summed E-state index contributed by atoms with van der Waals surface area (Å²) in [6.07, 6.45) is 0. The molecule has 0 heterocycles. The van der Waals surface area contributed by atoms with E-state index in [4.69, 9.17) is 10.3 Å². The third-order valence-corrected chi connectivity index (χ3v) is 3.18. The number of anilines is 1. The number of nitrogens with zero attached hydrogens (tertiary/aromatic N) is 2.